The van der Waals surface area contributed by atoms with Crippen LogP contribution in [0.1, 0.15) is 12.0 Å². The van der Waals surface area contributed by atoms with Gasteiger partial charge in [0.2, 0.25) is 0 Å². The topological polar surface area (TPSA) is 35.0 Å². The predicted octanol–water partition coefficient (Wildman–Crippen LogP) is 2.02. The van der Waals surface area contributed by atoms with E-state index in [2.05, 4.69) is 21.8 Å². The van der Waals surface area contributed by atoms with Crippen molar-refractivity contribution in [1.29, 1.82) is 0 Å². The third kappa shape index (κ3) is 2.56. The molecule has 0 atom stereocenters. The Morgan fingerprint density at radius 3 is 3.19 bits per heavy atom. The van der Waals surface area contributed by atoms with Crippen LogP contribution in [0, 0.1) is 11.8 Å². The second kappa shape index (κ2) is 5.24. The van der Waals surface area contributed by atoms with E-state index in [1.54, 1.807) is 19.6 Å². The van der Waals surface area contributed by atoms with Crippen molar-refractivity contribution >= 4 is 10.9 Å². The van der Waals surface area contributed by atoms with Crippen molar-refractivity contribution in [2.45, 2.75) is 6.42 Å². The normalized spacial score (nSPS) is 9.81. The number of benzene rings is 1. The molecule has 0 saturated heterocycles. The van der Waals surface area contributed by atoms with Crippen LogP contribution in [0.2, 0.25) is 0 Å². The average molecular weight is 212 g/mol. The zero-order chi connectivity index (χ0) is 11.2. The van der Waals surface area contributed by atoms with E-state index in [-0.39, 0.29) is 0 Å². The number of rotatable bonds is 2. The first-order valence-electron chi connectivity index (χ1n) is 5.08. The smallest absolute Gasteiger partial charge is 0.116 e. The fourth-order valence-electron chi connectivity index (χ4n) is 1.38. The van der Waals surface area contributed by atoms with Gasteiger partial charge in [-0.1, -0.05) is 11.8 Å². The molecule has 0 spiro atoms. The van der Waals surface area contributed by atoms with Gasteiger partial charge in [0.05, 0.1) is 12.1 Å². The van der Waals surface area contributed by atoms with Crippen molar-refractivity contribution in [3.8, 4) is 11.8 Å². The van der Waals surface area contributed by atoms with Crippen molar-refractivity contribution in [1.82, 2.24) is 9.97 Å². The Kier molecular flexibility index (Phi) is 3.47. The van der Waals surface area contributed by atoms with E-state index in [0.29, 0.717) is 6.61 Å². The first kappa shape index (κ1) is 10.6. The molecule has 0 saturated carbocycles. The number of hydrogen-bond donors (Lipinski definition) is 0. The van der Waals surface area contributed by atoms with E-state index in [0.717, 1.165) is 22.9 Å². The van der Waals surface area contributed by atoms with Crippen LogP contribution in [0.4, 0.5) is 0 Å². The molecule has 0 bridgehead atoms. The molecule has 16 heavy (non-hydrogen) atoms. The average Bonchev–Trinajstić information content (AvgIpc) is 2.34. The lowest BCUT2D eigenvalue weighted by Crippen LogP contribution is -1.85. The molecule has 1 aromatic heterocycles. The summed E-state index contributed by atoms with van der Waals surface area (Å²) < 4.78 is 4.93. The van der Waals surface area contributed by atoms with Crippen LogP contribution in [-0.2, 0) is 4.74 Å². The van der Waals surface area contributed by atoms with Gasteiger partial charge in [0, 0.05) is 30.7 Å². The molecule has 0 N–H and O–H groups in total. The van der Waals surface area contributed by atoms with E-state index in [1.165, 1.54) is 0 Å². The molecule has 80 valence electrons. The Labute approximate surface area is 94.5 Å². The first-order chi connectivity index (χ1) is 7.90. The maximum absolute atomic E-state index is 4.93. The van der Waals surface area contributed by atoms with Gasteiger partial charge in [-0.3, -0.25) is 0 Å². The molecule has 0 aliphatic carbocycles. The number of aromatic nitrogens is 2. The van der Waals surface area contributed by atoms with Crippen LogP contribution >= 0.6 is 0 Å². The molecule has 0 unspecified atom stereocenters. The highest BCUT2D eigenvalue weighted by molar-refractivity contribution is 5.78. The van der Waals surface area contributed by atoms with Crippen LogP contribution in [0.25, 0.3) is 10.9 Å². The molecule has 0 aliphatic rings. The van der Waals surface area contributed by atoms with E-state index in [9.17, 15) is 0 Å². The highest BCUT2D eigenvalue weighted by atomic mass is 16.5. The summed E-state index contributed by atoms with van der Waals surface area (Å²) in [4.78, 5) is 8.14. The van der Waals surface area contributed by atoms with Gasteiger partial charge in [0.15, 0.2) is 0 Å². The van der Waals surface area contributed by atoms with Crippen molar-refractivity contribution in [2.75, 3.05) is 13.7 Å². The summed E-state index contributed by atoms with van der Waals surface area (Å²) in [6, 6.07) is 5.92. The minimum absolute atomic E-state index is 0.670. The third-order valence-corrected chi connectivity index (χ3v) is 2.17. The summed E-state index contributed by atoms with van der Waals surface area (Å²) in [6.07, 6.45) is 4.09. The van der Waals surface area contributed by atoms with Crippen molar-refractivity contribution in [2.24, 2.45) is 0 Å². The van der Waals surface area contributed by atoms with Crippen LogP contribution in [-0.4, -0.2) is 23.7 Å². The molecule has 3 nitrogen and oxygen atoms in total. The highest BCUT2D eigenvalue weighted by Gasteiger charge is 1.94. The van der Waals surface area contributed by atoms with Crippen molar-refractivity contribution < 1.29 is 4.74 Å². The second-order valence-electron chi connectivity index (χ2n) is 3.34. The summed E-state index contributed by atoms with van der Waals surface area (Å²) in [5.74, 6) is 6.14. The quantitative estimate of drug-likeness (QED) is 0.564. The summed E-state index contributed by atoms with van der Waals surface area (Å²) in [5, 5.41) is 1.01. The van der Waals surface area contributed by atoms with Gasteiger partial charge >= 0.3 is 0 Å². The fourth-order valence-corrected chi connectivity index (χ4v) is 1.38. The molecule has 1 heterocycles. The molecular weight excluding hydrogens is 200 g/mol. The summed E-state index contributed by atoms with van der Waals surface area (Å²) in [5.41, 5.74) is 1.93. The zero-order valence-corrected chi connectivity index (χ0v) is 9.10. The molecule has 2 aromatic rings. The number of hydrogen-bond acceptors (Lipinski definition) is 3. The van der Waals surface area contributed by atoms with Gasteiger partial charge in [-0.15, -0.1) is 0 Å². The van der Waals surface area contributed by atoms with Crippen LogP contribution in [0.5, 0.6) is 0 Å². The SMILES string of the molecule is COCCC#Cc1ccc2ncncc2c1. The largest absolute Gasteiger partial charge is 0.384 e. The second-order valence-corrected chi connectivity index (χ2v) is 3.34. The van der Waals surface area contributed by atoms with E-state index in [1.807, 2.05) is 18.2 Å². The maximum atomic E-state index is 4.93. The molecular formula is C13H12N2O. The molecule has 0 amide bonds. The number of fused-ring (bicyclic) bond motifs is 1. The monoisotopic (exact) mass is 212 g/mol. The fraction of sp³-hybridized carbons (Fsp3) is 0.231. The molecule has 2 rings (SSSR count). The lowest BCUT2D eigenvalue weighted by Gasteiger charge is -1.95. The van der Waals surface area contributed by atoms with Crippen LogP contribution in [0.15, 0.2) is 30.7 Å². The van der Waals surface area contributed by atoms with Gasteiger partial charge in [-0.2, -0.15) is 0 Å². The number of nitrogens with zero attached hydrogens (tertiary/aromatic N) is 2. The van der Waals surface area contributed by atoms with E-state index >= 15 is 0 Å². The summed E-state index contributed by atoms with van der Waals surface area (Å²) >= 11 is 0. The maximum Gasteiger partial charge on any atom is 0.116 e. The molecule has 3 heteroatoms. The standard InChI is InChI=1S/C13H12N2O/c1-16-7-3-2-4-11-5-6-13-12(8-11)9-14-10-15-13/h5-6,8-10H,3,7H2,1H3. The zero-order valence-electron chi connectivity index (χ0n) is 9.10. The predicted molar refractivity (Wildman–Crippen MR) is 62.9 cm³/mol. The Balaban J connectivity index is 2.21. The van der Waals surface area contributed by atoms with Gasteiger partial charge in [0.25, 0.3) is 0 Å². The Morgan fingerprint density at radius 1 is 1.38 bits per heavy atom. The summed E-state index contributed by atoms with van der Waals surface area (Å²) in [6.45, 7) is 0.670. The van der Waals surface area contributed by atoms with Crippen molar-refractivity contribution in [3.63, 3.8) is 0 Å². The molecule has 0 aliphatic heterocycles. The van der Waals surface area contributed by atoms with Gasteiger partial charge in [0.1, 0.15) is 6.33 Å². The Bertz CT molecular complexity index is 540. The summed E-state index contributed by atoms with van der Waals surface area (Å²) in [7, 11) is 1.68. The minimum atomic E-state index is 0.670. The lowest BCUT2D eigenvalue weighted by molar-refractivity contribution is 0.206. The van der Waals surface area contributed by atoms with Gasteiger partial charge in [-0.25, -0.2) is 9.97 Å². The van der Waals surface area contributed by atoms with Gasteiger partial charge < -0.3 is 4.74 Å². The number of methoxy groups -OCH3 is 1. The van der Waals surface area contributed by atoms with Gasteiger partial charge in [-0.05, 0) is 18.2 Å². The minimum Gasteiger partial charge on any atom is -0.384 e. The molecule has 0 radical (unpaired) electrons. The van der Waals surface area contributed by atoms with E-state index in [4.69, 9.17) is 4.74 Å². The Morgan fingerprint density at radius 2 is 2.31 bits per heavy atom. The number of ether oxygens (including phenoxy) is 1. The van der Waals surface area contributed by atoms with Crippen LogP contribution < -0.4 is 0 Å². The van der Waals surface area contributed by atoms with Crippen LogP contribution in [0.3, 0.4) is 0 Å². The first-order valence-corrected chi connectivity index (χ1v) is 5.08. The highest BCUT2D eigenvalue weighted by Crippen LogP contribution is 2.11. The third-order valence-electron chi connectivity index (χ3n) is 2.17. The molecule has 1 aromatic carbocycles. The Hall–Kier alpha value is -1.92. The van der Waals surface area contributed by atoms with E-state index < -0.39 is 0 Å². The lowest BCUT2D eigenvalue weighted by atomic mass is 10.1. The van der Waals surface area contributed by atoms with Crippen molar-refractivity contribution in [3.05, 3.63) is 36.3 Å². The molecule has 0 fully saturated rings.